The van der Waals surface area contributed by atoms with Crippen LogP contribution in [-0.2, 0) is 11.2 Å². The van der Waals surface area contributed by atoms with E-state index in [1.54, 1.807) is 0 Å². The van der Waals surface area contributed by atoms with E-state index in [9.17, 15) is 4.79 Å². The lowest BCUT2D eigenvalue weighted by Crippen LogP contribution is -2.44. The van der Waals surface area contributed by atoms with Crippen LogP contribution in [0.15, 0.2) is 42.5 Å². The smallest absolute Gasteiger partial charge is 0.222 e. The molecule has 1 aliphatic rings. The van der Waals surface area contributed by atoms with Crippen molar-refractivity contribution < 1.29 is 4.79 Å². The SMILES string of the molecule is CN1CCC(N(C)C(=O)CCc2ccc(-c3ccccc3)[nH]2)CC1. The zero-order chi connectivity index (χ0) is 16.9. The number of aromatic nitrogens is 1. The van der Waals surface area contributed by atoms with Gasteiger partial charge in [0.05, 0.1) is 0 Å². The fourth-order valence-corrected chi connectivity index (χ4v) is 3.38. The minimum atomic E-state index is 0.250. The van der Waals surface area contributed by atoms with Crippen molar-refractivity contribution in [1.29, 1.82) is 0 Å². The number of nitrogens with one attached hydrogen (secondary N) is 1. The summed E-state index contributed by atoms with van der Waals surface area (Å²) in [4.78, 5) is 20.2. The summed E-state index contributed by atoms with van der Waals surface area (Å²) in [5.74, 6) is 0.250. The standard InChI is InChI=1S/C20H27N3O/c1-22-14-12-18(13-15-22)23(2)20(24)11-9-17-8-10-19(21-17)16-6-4-3-5-7-16/h3-8,10,18,21H,9,11-15H2,1-2H3. The molecule has 1 fully saturated rings. The van der Waals surface area contributed by atoms with Crippen molar-refractivity contribution in [1.82, 2.24) is 14.8 Å². The van der Waals surface area contributed by atoms with E-state index in [1.807, 2.05) is 30.1 Å². The van der Waals surface area contributed by atoms with Gasteiger partial charge in [-0.05, 0) is 57.1 Å². The Morgan fingerprint density at radius 1 is 1.17 bits per heavy atom. The topological polar surface area (TPSA) is 39.3 Å². The van der Waals surface area contributed by atoms with Crippen LogP contribution in [0.1, 0.15) is 25.0 Å². The van der Waals surface area contributed by atoms with Crippen LogP contribution in [0.3, 0.4) is 0 Å². The Morgan fingerprint density at radius 2 is 1.88 bits per heavy atom. The molecule has 0 spiro atoms. The van der Waals surface area contributed by atoms with Gasteiger partial charge in [0.15, 0.2) is 0 Å². The second kappa shape index (κ2) is 7.67. The number of hydrogen-bond acceptors (Lipinski definition) is 2. The molecule has 1 amide bonds. The summed E-state index contributed by atoms with van der Waals surface area (Å²) in [6.45, 7) is 2.17. The highest BCUT2D eigenvalue weighted by Gasteiger charge is 2.23. The van der Waals surface area contributed by atoms with Crippen LogP contribution in [0.5, 0.6) is 0 Å². The lowest BCUT2D eigenvalue weighted by Gasteiger charge is -2.35. The van der Waals surface area contributed by atoms with Gasteiger partial charge in [-0.25, -0.2) is 0 Å². The lowest BCUT2D eigenvalue weighted by atomic mass is 10.0. The summed E-state index contributed by atoms with van der Waals surface area (Å²) in [7, 11) is 4.11. The van der Waals surface area contributed by atoms with Gasteiger partial charge >= 0.3 is 0 Å². The maximum absolute atomic E-state index is 12.5. The zero-order valence-corrected chi connectivity index (χ0v) is 14.7. The van der Waals surface area contributed by atoms with Gasteiger partial charge in [-0.1, -0.05) is 30.3 Å². The molecule has 1 aromatic heterocycles. The highest BCUT2D eigenvalue weighted by Crippen LogP contribution is 2.19. The van der Waals surface area contributed by atoms with Gasteiger partial charge in [-0.15, -0.1) is 0 Å². The number of aromatic amines is 1. The maximum Gasteiger partial charge on any atom is 0.222 e. The van der Waals surface area contributed by atoms with Gasteiger partial charge < -0.3 is 14.8 Å². The molecule has 0 aliphatic carbocycles. The Kier molecular flexibility index (Phi) is 5.36. The van der Waals surface area contributed by atoms with E-state index in [0.29, 0.717) is 12.5 Å². The number of amides is 1. The molecular formula is C20H27N3O. The van der Waals surface area contributed by atoms with Crippen molar-refractivity contribution in [3.63, 3.8) is 0 Å². The van der Waals surface area contributed by atoms with E-state index < -0.39 is 0 Å². The number of rotatable bonds is 5. The van der Waals surface area contributed by atoms with E-state index in [1.165, 1.54) is 5.56 Å². The molecule has 1 N–H and O–H groups in total. The number of carbonyl (C=O) groups excluding carboxylic acids is 1. The van der Waals surface area contributed by atoms with Gasteiger partial charge in [-0.3, -0.25) is 4.79 Å². The lowest BCUT2D eigenvalue weighted by molar-refractivity contribution is -0.132. The predicted molar refractivity (Wildman–Crippen MR) is 97.8 cm³/mol. The van der Waals surface area contributed by atoms with E-state index in [4.69, 9.17) is 0 Å². The number of aryl methyl sites for hydroxylation is 1. The van der Waals surface area contributed by atoms with E-state index in [2.05, 4.69) is 41.2 Å². The molecule has 0 saturated carbocycles. The molecule has 4 nitrogen and oxygen atoms in total. The van der Waals surface area contributed by atoms with Crippen LogP contribution in [0.25, 0.3) is 11.3 Å². The van der Waals surface area contributed by atoms with Gasteiger partial charge in [0.25, 0.3) is 0 Å². The number of likely N-dealkylation sites (tertiary alicyclic amines) is 1. The Balaban J connectivity index is 1.52. The van der Waals surface area contributed by atoms with Crippen molar-refractivity contribution >= 4 is 5.91 Å². The van der Waals surface area contributed by atoms with Crippen molar-refractivity contribution in [3.05, 3.63) is 48.2 Å². The number of H-pyrrole nitrogens is 1. The molecule has 0 radical (unpaired) electrons. The average Bonchev–Trinajstić information content (AvgIpc) is 3.09. The first-order chi connectivity index (χ1) is 11.6. The summed E-state index contributed by atoms with van der Waals surface area (Å²) in [6, 6.07) is 14.9. The Morgan fingerprint density at radius 3 is 2.58 bits per heavy atom. The minimum Gasteiger partial charge on any atom is -0.358 e. The van der Waals surface area contributed by atoms with E-state index in [0.717, 1.165) is 43.7 Å². The van der Waals surface area contributed by atoms with Crippen LogP contribution in [-0.4, -0.2) is 53.9 Å². The molecule has 0 bridgehead atoms. The third kappa shape index (κ3) is 4.06. The second-order valence-electron chi connectivity index (χ2n) is 6.80. The summed E-state index contributed by atoms with van der Waals surface area (Å²) >= 11 is 0. The molecule has 2 heterocycles. The quantitative estimate of drug-likeness (QED) is 0.917. The Labute approximate surface area is 144 Å². The number of carbonyl (C=O) groups is 1. The summed E-state index contributed by atoms with van der Waals surface area (Å²) in [5.41, 5.74) is 3.42. The highest BCUT2D eigenvalue weighted by molar-refractivity contribution is 5.76. The zero-order valence-electron chi connectivity index (χ0n) is 14.7. The summed E-state index contributed by atoms with van der Waals surface area (Å²) in [6.07, 6.45) is 3.50. The first kappa shape index (κ1) is 16.8. The third-order valence-corrected chi connectivity index (χ3v) is 5.07. The Bertz CT molecular complexity index is 657. The fraction of sp³-hybridized carbons (Fsp3) is 0.450. The minimum absolute atomic E-state index is 0.250. The monoisotopic (exact) mass is 325 g/mol. The first-order valence-corrected chi connectivity index (χ1v) is 8.81. The molecule has 0 atom stereocenters. The van der Waals surface area contributed by atoms with Gasteiger partial charge in [-0.2, -0.15) is 0 Å². The molecule has 1 aliphatic heterocycles. The predicted octanol–water partition coefficient (Wildman–Crippen LogP) is 3.17. The molecule has 4 heteroatoms. The van der Waals surface area contributed by atoms with Crippen LogP contribution < -0.4 is 0 Å². The highest BCUT2D eigenvalue weighted by atomic mass is 16.2. The van der Waals surface area contributed by atoms with Gasteiger partial charge in [0.1, 0.15) is 0 Å². The fourth-order valence-electron chi connectivity index (χ4n) is 3.38. The maximum atomic E-state index is 12.5. The van der Waals surface area contributed by atoms with Crippen LogP contribution in [0.4, 0.5) is 0 Å². The van der Waals surface area contributed by atoms with Crippen molar-refractivity contribution in [3.8, 4) is 11.3 Å². The van der Waals surface area contributed by atoms with Crippen LogP contribution >= 0.6 is 0 Å². The van der Waals surface area contributed by atoms with Gasteiger partial charge in [0.2, 0.25) is 5.91 Å². The summed E-state index contributed by atoms with van der Waals surface area (Å²) < 4.78 is 0. The van der Waals surface area contributed by atoms with Gasteiger partial charge in [0, 0.05) is 30.9 Å². The molecule has 0 unspecified atom stereocenters. The molecule has 1 saturated heterocycles. The number of benzene rings is 1. The average molecular weight is 325 g/mol. The first-order valence-electron chi connectivity index (χ1n) is 8.81. The normalized spacial score (nSPS) is 16.2. The number of piperidine rings is 1. The van der Waals surface area contributed by atoms with Crippen LogP contribution in [0.2, 0.25) is 0 Å². The summed E-state index contributed by atoms with van der Waals surface area (Å²) in [5, 5.41) is 0. The van der Waals surface area contributed by atoms with Crippen molar-refractivity contribution in [2.24, 2.45) is 0 Å². The Hall–Kier alpha value is -2.07. The number of nitrogens with zero attached hydrogens (tertiary/aromatic N) is 2. The molecule has 2 aromatic rings. The van der Waals surface area contributed by atoms with Crippen molar-refractivity contribution in [2.75, 3.05) is 27.2 Å². The molecule has 24 heavy (non-hydrogen) atoms. The third-order valence-electron chi connectivity index (χ3n) is 5.07. The molecule has 3 rings (SSSR count). The second-order valence-corrected chi connectivity index (χ2v) is 6.80. The van der Waals surface area contributed by atoms with E-state index >= 15 is 0 Å². The van der Waals surface area contributed by atoms with Crippen molar-refractivity contribution in [2.45, 2.75) is 31.7 Å². The molecule has 1 aromatic carbocycles. The largest absolute Gasteiger partial charge is 0.358 e. The number of hydrogen-bond donors (Lipinski definition) is 1. The van der Waals surface area contributed by atoms with Crippen LogP contribution in [0, 0.1) is 0 Å². The van der Waals surface area contributed by atoms with E-state index in [-0.39, 0.29) is 5.91 Å². The molecule has 128 valence electrons. The molecular weight excluding hydrogens is 298 g/mol.